The standard InChI is InChI=1S/C16H21NO2/c1-10(2)18-15-8-6-5-7-13(15)16(17)14-9-11(3)19-12(14)4/h5-10,16H,17H2,1-4H3. The lowest BCUT2D eigenvalue weighted by atomic mass is 9.99. The van der Waals surface area contributed by atoms with Crippen molar-refractivity contribution >= 4 is 0 Å². The lowest BCUT2D eigenvalue weighted by Crippen LogP contribution is -2.15. The molecule has 2 N–H and O–H groups in total. The second kappa shape index (κ2) is 5.49. The van der Waals surface area contributed by atoms with Gasteiger partial charge in [0.2, 0.25) is 0 Å². The average Bonchev–Trinajstić information content (AvgIpc) is 2.67. The van der Waals surface area contributed by atoms with Gasteiger partial charge < -0.3 is 14.9 Å². The molecule has 1 atom stereocenters. The van der Waals surface area contributed by atoms with Gasteiger partial charge in [0, 0.05) is 11.1 Å². The van der Waals surface area contributed by atoms with E-state index in [-0.39, 0.29) is 12.1 Å². The Morgan fingerprint density at radius 1 is 1.11 bits per heavy atom. The number of hydrogen-bond donors (Lipinski definition) is 1. The molecule has 0 amide bonds. The quantitative estimate of drug-likeness (QED) is 0.910. The molecule has 0 saturated carbocycles. The van der Waals surface area contributed by atoms with E-state index in [4.69, 9.17) is 14.9 Å². The Bertz CT molecular complexity index is 558. The van der Waals surface area contributed by atoms with Gasteiger partial charge in [-0.25, -0.2) is 0 Å². The van der Waals surface area contributed by atoms with Gasteiger partial charge in [0.1, 0.15) is 17.3 Å². The molecule has 3 heteroatoms. The maximum absolute atomic E-state index is 6.37. The molecule has 102 valence electrons. The van der Waals surface area contributed by atoms with Crippen molar-refractivity contribution in [2.24, 2.45) is 5.73 Å². The van der Waals surface area contributed by atoms with E-state index in [9.17, 15) is 0 Å². The molecule has 0 saturated heterocycles. The van der Waals surface area contributed by atoms with E-state index in [0.717, 1.165) is 28.4 Å². The Hall–Kier alpha value is -1.74. The molecule has 0 radical (unpaired) electrons. The third-order valence-corrected chi connectivity index (χ3v) is 3.03. The van der Waals surface area contributed by atoms with Crippen molar-refractivity contribution in [2.45, 2.75) is 39.8 Å². The van der Waals surface area contributed by atoms with Crippen molar-refractivity contribution in [2.75, 3.05) is 0 Å². The molecule has 0 bridgehead atoms. The first-order valence-corrected chi connectivity index (χ1v) is 6.57. The number of furan rings is 1. The second-order valence-electron chi connectivity index (χ2n) is 5.05. The summed E-state index contributed by atoms with van der Waals surface area (Å²) < 4.78 is 11.4. The van der Waals surface area contributed by atoms with Gasteiger partial charge in [0.15, 0.2) is 0 Å². The SMILES string of the molecule is Cc1cc(C(N)c2ccccc2OC(C)C)c(C)o1. The van der Waals surface area contributed by atoms with E-state index < -0.39 is 0 Å². The summed E-state index contributed by atoms with van der Waals surface area (Å²) in [6.07, 6.45) is 0.125. The van der Waals surface area contributed by atoms with Crippen LogP contribution in [0.3, 0.4) is 0 Å². The smallest absolute Gasteiger partial charge is 0.124 e. The van der Waals surface area contributed by atoms with E-state index in [0.29, 0.717) is 0 Å². The number of ether oxygens (including phenoxy) is 1. The van der Waals surface area contributed by atoms with Crippen LogP contribution < -0.4 is 10.5 Å². The molecule has 0 fully saturated rings. The van der Waals surface area contributed by atoms with Crippen molar-refractivity contribution in [3.63, 3.8) is 0 Å². The molecule has 3 nitrogen and oxygen atoms in total. The molecule has 1 aromatic heterocycles. The van der Waals surface area contributed by atoms with Crippen LogP contribution in [0.2, 0.25) is 0 Å². The van der Waals surface area contributed by atoms with Gasteiger partial charge in [-0.1, -0.05) is 18.2 Å². The highest BCUT2D eigenvalue weighted by Crippen LogP contribution is 2.31. The summed E-state index contributed by atoms with van der Waals surface area (Å²) in [4.78, 5) is 0. The summed E-state index contributed by atoms with van der Waals surface area (Å²) in [7, 11) is 0. The minimum atomic E-state index is -0.229. The predicted octanol–water partition coefficient (Wildman–Crippen LogP) is 3.73. The van der Waals surface area contributed by atoms with E-state index in [1.54, 1.807) is 0 Å². The van der Waals surface area contributed by atoms with Gasteiger partial charge in [0.25, 0.3) is 0 Å². The van der Waals surface area contributed by atoms with Crippen molar-refractivity contribution in [1.29, 1.82) is 0 Å². The zero-order valence-corrected chi connectivity index (χ0v) is 11.9. The van der Waals surface area contributed by atoms with E-state index >= 15 is 0 Å². The van der Waals surface area contributed by atoms with E-state index in [2.05, 4.69) is 0 Å². The van der Waals surface area contributed by atoms with Crippen LogP contribution in [0.15, 0.2) is 34.7 Å². The first-order valence-electron chi connectivity index (χ1n) is 6.57. The molecule has 0 aliphatic carbocycles. The normalized spacial score (nSPS) is 12.7. The minimum Gasteiger partial charge on any atom is -0.491 e. The monoisotopic (exact) mass is 259 g/mol. The highest BCUT2D eigenvalue weighted by molar-refractivity contribution is 5.42. The van der Waals surface area contributed by atoms with Crippen LogP contribution in [0.25, 0.3) is 0 Å². The average molecular weight is 259 g/mol. The van der Waals surface area contributed by atoms with Gasteiger partial charge in [-0.15, -0.1) is 0 Å². The van der Waals surface area contributed by atoms with Crippen molar-refractivity contribution in [3.8, 4) is 5.75 Å². The van der Waals surface area contributed by atoms with E-state index in [1.165, 1.54) is 0 Å². The van der Waals surface area contributed by atoms with Crippen LogP contribution in [0, 0.1) is 13.8 Å². The van der Waals surface area contributed by atoms with Gasteiger partial charge in [-0.3, -0.25) is 0 Å². The molecule has 1 aromatic carbocycles. The minimum absolute atomic E-state index is 0.125. The van der Waals surface area contributed by atoms with E-state index in [1.807, 2.05) is 58.0 Å². The largest absolute Gasteiger partial charge is 0.491 e. The summed E-state index contributed by atoms with van der Waals surface area (Å²) in [6.45, 7) is 7.89. The number of para-hydroxylation sites is 1. The summed E-state index contributed by atoms with van der Waals surface area (Å²) in [5.41, 5.74) is 8.36. The number of hydrogen-bond acceptors (Lipinski definition) is 3. The highest BCUT2D eigenvalue weighted by atomic mass is 16.5. The molecule has 0 aliphatic heterocycles. The van der Waals surface area contributed by atoms with Crippen molar-refractivity contribution in [3.05, 3.63) is 53.0 Å². The van der Waals surface area contributed by atoms with Gasteiger partial charge >= 0.3 is 0 Å². The van der Waals surface area contributed by atoms with Gasteiger partial charge in [0.05, 0.1) is 12.1 Å². The molecule has 0 spiro atoms. The molecular weight excluding hydrogens is 238 g/mol. The third-order valence-electron chi connectivity index (χ3n) is 3.03. The topological polar surface area (TPSA) is 48.4 Å². The van der Waals surface area contributed by atoms with Gasteiger partial charge in [-0.05, 0) is 39.8 Å². The fourth-order valence-electron chi connectivity index (χ4n) is 2.23. The Kier molecular flexibility index (Phi) is 3.96. The second-order valence-corrected chi connectivity index (χ2v) is 5.05. The molecule has 2 rings (SSSR count). The third kappa shape index (κ3) is 2.99. The Balaban J connectivity index is 2.38. The molecular formula is C16H21NO2. The molecule has 19 heavy (non-hydrogen) atoms. The number of benzene rings is 1. The molecule has 1 unspecified atom stereocenters. The molecule has 2 aromatic rings. The maximum Gasteiger partial charge on any atom is 0.124 e. The number of aryl methyl sites for hydroxylation is 2. The summed E-state index contributed by atoms with van der Waals surface area (Å²) >= 11 is 0. The van der Waals surface area contributed by atoms with Crippen LogP contribution in [0.1, 0.15) is 42.5 Å². The first-order chi connectivity index (χ1) is 8.99. The van der Waals surface area contributed by atoms with Crippen LogP contribution in [0.4, 0.5) is 0 Å². The summed E-state index contributed by atoms with van der Waals surface area (Å²) in [5.74, 6) is 2.58. The first kappa shape index (κ1) is 13.7. The zero-order valence-electron chi connectivity index (χ0n) is 11.9. The number of rotatable bonds is 4. The van der Waals surface area contributed by atoms with Crippen LogP contribution in [-0.4, -0.2) is 6.10 Å². The zero-order chi connectivity index (χ0) is 14.0. The van der Waals surface area contributed by atoms with Crippen LogP contribution in [0.5, 0.6) is 5.75 Å². The maximum atomic E-state index is 6.37. The fourth-order valence-corrected chi connectivity index (χ4v) is 2.23. The predicted molar refractivity (Wildman–Crippen MR) is 76.4 cm³/mol. The Labute approximate surface area is 114 Å². The lowest BCUT2D eigenvalue weighted by molar-refractivity contribution is 0.239. The molecule has 0 aliphatic rings. The van der Waals surface area contributed by atoms with Crippen molar-refractivity contribution < 1.29 is 9.15 Å². The molecule has 1 heterocycles. The van der Waals surface area contributed by atoms with Crippen LogP contribution >= 0.6 is 0 Å². The van der Waals surface area contributed by atoms with Crippen molar-refractivity contribution in [1.82, 2.24) is 0 Å². The summed E-state index contributed by atoms with van der Waals surface area (Å²) in [5, 5.41) is 0. The summed E-state index contributed by atoms with van der Waals surface area (Å²) in [6, 6.07) is 9.66. The number of nitrogens with two attached hydrogens (primary N) is 1. The van der Waals surface area contributed by atoms with Gasteiger partial charge in [-0.2, -0.15) is 0 Å². The fraction of sp³-hybridized carbons (Fsp3) is 0.375. The Morgan fingerprint density at radius 3 is 2.37 bits per heavy atom. The Morgan fingerprint density at radius 2 is 1.79 bits per heavy atom. The van der Waals surface area contributed by atoms with Crippen LogP contribution in [-0.2, 0) is 0 Å². The lowest BCUT2D eigenvalue weighted by Gasteiger charge is -2.18. The highest BCUT2D eigenvalue weighted by Gasteiger charge is 2.18.